The van der Waals surface area contributed by atoms with E-state index in [0.29, 0.717) is 0 Å². The van der Waals surface area contributed by atoms with E-state index in [0.717, 1.165) is 0 Å². The van der Waals surface area contributed by atoms with Crippen molar-refractivity contribution in [3.05, 3.63) is 0 Å². The molecular formula is C6H8KNO6. The molecule has 7 nitrogen and oxygen atoms in total. The molecule has 1 aliphatic heterocycles. The SMILES string of the molecule is O=C([O-])[C@H]1NC(=O)[C@H](O)[C@@H](O)[C@@H]1O.[K+]. The molecule has 4 atom stereocenters. The minimum Gasteiger partial charge on any atom is -0.548 e. The van der Waals surface area contributed by atoms with Gasteiger partial charge in [-0.2, -0.15) is 0 Å². The van der Waals surface area contributed by atoms with Gasteiger partial charge in [-0.05, 0) is 0 Å². The number of carbonyl (C=O) groups excluding carboxylic acids is 2. The van der Waals surface area contributed by atoms with E-state index >= 15 is 0 Å². The quantitative estimate of drug-likeness (QED) is 0.330. The Morgan fingerprint density at radius 2 is 1.79 bits per heavy atom. The molecule has 1 fully saturated rings. The first kappa shape index (κ1) is 14.5. The molecule has 1 saturated heterocycles. The summed E-state index contributed by atoms with van der Waals surface area (Å²) >= 11 is 0. The van der Waals surface area contributed by atoms with Crippen molar-refractivity contribution in [2.24, 2.45) is 0 Å². The summed E-state index contributed by atoms with van der Waals surface area (Å²) in [7, 11) is 0. The van der Waals surface area contributed by atoms with Crippen LogP contribution in [0.2, 0.25) is 0 Å². The van der Waals surface area contributed by atoms with E-state index in [1.54, 1.807) is 5.32 Å². The molecule has 0 radical (unpaired) electrons. The molecule has 0 bridgehead atoms. The van der Waals surface area contributed by atoms with Gasteiger partial charge in [0.2, 0.25) is 0 Å². The van der Waals surface area contributed by atoms with Gasteiger partial charge in [-0.3, -0.25) is 4.79 Å². The van der Waals surface area contributed by atoms with Crippen LogP contribution in [0.15, 0.2) is 0 Å². The van der Waals surface area contributed by atoms with Crippen molar-refractivity contribution in [1.29, 1.82) is 0 Å². The van der Waals surface area contributed by atoms with Gasteiger partial charge in [-0.25, -0.2) is 0 Å². The normalized spacial score (nSPS) is 36.9. The fourth-order valence-corrected chi connectivity index (χ4v) is 1.06. The van der Waals surface area contributed by atoms with Crippen molar-refractivity contribution in [1.82, 2.24) is 5.32 Å². The summed E-state index contributed by atoms with van der Waals surface area (Å²) in [6, 6.07) is -1.69. The number of piperidine rings is 1. The number of amides is 1. The van der Waals surface area contributed by atoms with Crippen LogP contribution in [0.1, 0.15) is 0 Å². The van der Waals surface area contributed by atoms with E-state index < -0.39 is 36.2 Å². The molecular weight excluding hydrogens is 221 g/mol. The Morgan fingerprint density at radius 1 is 1.29 bits per heavy atom. The van der Waals surface area contributed by atoms with E-state index in [2.05, 4.69) is 0 Å². The third-order valence-corrected chi connectivity index (χ3v) is 1.84. The molecule has 1 aliphatic rings. The fraction of sp³-hybridized carbons (Fsp3) is 0.667. The maximum absolute atomic E-state index is 10.7. The van der Waals surface area contributed by atoms with E-state index in [1.165, 1.54) is 0 Å². The van der Waals surface area contributed by atoms with Gasteiger partial charge in [-0.15, -0.1) is 0 Å². The number of aliphatic hydroxyl groups is 3. The summed E-state index contributed by atoms with van der Waals surface area (Å²) in [5.74, 6) is -2.76. The summed E-state index contributed by atoms with van der Waals surface area (Å²) < 4.78 is 0. The molecule has 1 rings (SSSR count). The van der Waals surface area contributed by atoms with Gasteiger partial charge in [0.1, 0.15) is 12.2 Å². The van der Waals surface area contributed by atoms with Crippen LogP contribution in [-0.4, -0.2) is 51.5 Å². The Hall–Kier alpha value is 0.456. The Bertz CT molecular complexity index is 246. The molecule has 14 heavy (non-hydrogen) atoms. The summed E-state index contributed by atoms with van der Waals surface area (Å²) in [4.78, 5) is 21.0. The largest absolute Gasteiger partial charge is 1.00 e. The third kappa shape index (κ3) is 2.73. The summed E-state index contributed by atoms with van der Waals surface area (Å²) in [5, 5.41) is 39.0. The van der Waals surface area contributed by atoms with E-state index in [9.17, 15) is 14.7 Å². The zero-order valence-electron chi connectivity index (χ0n) is 7.38. The number of carbonyl (C=O) groups is 2. The topological polar surface area (TPSA) is 130 Å². The Labute approximate surface area is 122 Å². The number of aliphatic hydroxyl groups excluding tert-OH is 3. The zero-order chi connectivity index (χ0) is 10.2. The van der Waals surface area contributed by atoms with Crippen molar-refractivity contribution in [2.45, 2.75) is 24.4 Å². The predicted octanol–water partition coefficient (Wildman–Crippen LogP) is -7.68. The molecule has 0 aromatic carbocycles. The molecule has 0 unspecified atom stereocenters. The Kier molecular flexibility index (Phi) is 5.70. The smallest absolute Gasteiger partial charge is 0.548 e. The molecule has 0 saturated carbocycles. The predicted molar refractivity (Wildman–Crippen MR) is 35.0 cm³/mol. The van der Waals surface area contributed by atoms with Crippen molar-refractivity contribution in [2.75, 3.05) is 0 Å². The molecule has 1 heterocycles. The number of hydrogen-bond donors (Lipinski definition) is 4. The van der Waals surface area contributed by atoms with Crippen LogP contribution in [0, 0.1) is 0 Å². The maximum Gasteiger partial charge on any atom is 1.00 e. The number of carboxylic acid groups (broad SMARTS) is 1. The summed E-state index contributed by atoms with van der Waals surface area (Å²) in [6.45, 7) is 0. The van der Waals surface area contributed by atoms with E-state index in [4.69, 9.17) is 15.3 Å². The first-order valence-electron chi connectivity index (χ1n) is 3.50. The second-order valence-corrected chi connectivity index (χ2v) is 2.73. The van der Waals surface area contributed by atoms with Crippen LogP contribution in [0.5, 0.6) is 0 Å². The first-order valence-corrected chi connectivity index (χ1v) is 3.50. The van der Waals surface area contributed by atoms with E-state index in [-0.39, 0.29) is 51.4 Å². The van der Waals surface area contributed by atoms with E-state index in [1.807, 2.05) is 0 Å². The second-order valence-electron chi connectivity index (χ2n) is 2.73. The van der Waals surface area contributed by atoms with Crippen LogP contribution in [0.3, 0.4) is 0 Å². The number of rotatable bonds is 1. The van der Waals surface area contributed by atoms with Crippen LogP contribution in [-0.2, 0) is 9.59 Å². The molecule has 8 heteroatoms. The standard InChI is InChI=1S/C6H9NO6.K/c8-2-1(6(12)13)7-5(11)4(10)3(2)9;/h1-4,8-10H,(H,7,11)(H,12,13);/q;+1/p-1/t1-,2+,3-,4+;/m0./s1. The summed E-state index contributed by atoms with van der Waals surface area (Å²) in [5.41, 5.74) is 0. The molecule has 0 aromatic heterocycles. The van der Waals surface area contributed by atoms with Gasteiger partial charge in [0, 0.05) is 0 Å². The maximum atomic E-state index is 10.7. The van der Waals surface area contributed by atoms with Crippen molar-refractivity contribution >= 4 is 11.9 Å². The van der Waals surface area contributed by atoms with Gasteiger partial charge < -0.3 is 30.5 Å². The minimum absolute atomic E-state index is 0. The molecule has 0 aliphatic carbocycles. The van der Waals surface area contributed by atoms with Gasteiger partial charge in [0.15, 0.2) is 6.10 Å². The van der Waals surface area contributed by atoms with Crippen molar-refractivity contribution in [3.63, 3.8) is 0 Å². The van der Waals surface area contributed by atoms with Gasteiger partial charge >= 0.3 is 51.4 Å². The Balaban J connectivity index is 0.00000169. The fourth-order valence-electron chi connectivity index (χ4n) is 1.06. The number of carboxylic acids is 1. The monoisotopic (exact) mass is 229 g/mol. The average Bonchev–Trinajstić information content (AvgIpc) is 2.07. The molecule has 0 aromatic rings. The van der Waals surface area contributed by atoms with Gasteiger partial charge in [-0.1, -0.05) is 0 Å². The molecule has 4 N–H and O–H groups in total. The Morgan fingerprint density at radius 3 is 2.21 bits per heavy atom. The molecule has 1 amide bonds. The molecule has 74 valence electrons. The third-order valence-electron chi connectivity index (χ3n) is 1.84. The van der Waals surface area contributed by atoms with Gasteiger partial charge in [0.25, 0.3) is 5.91 Å². The second kappa shape index (κ2) is 5.52. The zero-order valence-corrected chi connectivity index (χ0v) is 10.5. The van der Waals surface area contributed by atoms with Crippen molar-refractivity contribution < 1.29 is 81.4 Å². The minimum atomic E-state index is -1.81. The molecule has 0 spiro atoms. The summed E-state index contributed by atoms with van der Waals surface area (Å²) in [6.07, 6.45) is -5.39. The van der Waals surface area contributed by atoms with Crippen LogP contribution in [0.4, 0.5) is 0 Å². The number of aliphatic carboxylic acids is 1. The van der Waals surface area contributed by atoms with Gasteiger partial charge in [0.05, 0.1) is 12.0 Å². The van der Waals surface area contributed by atoms with Crippen LogP contribution >= 0.6 is 0 Å². The number of hydrogen-bond acceptors (Lipinski definition) is 6. The van der Waals surface area contributed by atoms with Crippen LogP contribution < -0.4 is 61.8 Å². The first-order chi connectivity index (χ1) is 5.95. The number of nitrogens with one attached hydrogen (secondary N) is 1. The van der Waals surface area contributed by atoms with Crippen molar-refractivity contribution in [3.8, 4) is 0 Å². The average molecular weight is 229 g/mol. The van der Waals surface area contributed by atoms with Crippen LogP contribution in [0.25, 0.3) is 0 Å².